The fraction of sp³-hybridized carbons (Fsp3) is 0.500. The van der Waals surface area contributed by atoms with Crippen LogP contribution >= 0.6 is 0 Å². The average molecular weight is 126 g/mol. The van der Waals surface area contributed by atoms with Crippen molar-refractivity contribution >= 4 is 0 Å². The standard InChI is InChI=1S/C6H10N2O/c1-5-6(2-3-7)4-8-9-5/h4H,2-3,7H2,1H3. The molecule has 0 atom stereocenters. The second-order valence-electron chi connectivity index (χ2n) is 1.95. The molecule has 0 aliphatic heterocycles. The SMILES string of the molecule is Cc1oncc1CCN. The van der Waals surface area contributed by atoms with Crippen LogP contribution in [0.5, 0.6) is 0 Å². The molecule has 3 nitrogen and oxygen atoms in total. The Kier molecular flexibility index (Phi) is 1.85. The van der Waals surface area contributed by atoms with Gasteiger partial charge in [0.25, 0.3) is 0 Å². The van der Waals surface area contributed by atoms with Crippen LogP contribution in [0.25, 0.3) is 0 Å². The number of nitrogens with zero attached hydrogens (tertiary/aromatic N) is 1. The maximum absolute atomic E-state index is 5.32. The van der Waals surface area contributed by atoms with Crippen molar-refractivity contribution in [2.24, 2.45) is 5.73 Å². The molecule has 0 amide bonds. The van der Waals surface area contributed by atoms with Gasteiger partial charge in [-0.3, -0.25) is 0 Å². The van der Waals surface area contributed by atoms with Crippen LogP contribution in [0.3, 0.4) is 0 Å². The van der Waals surface area contributed by atoms with Crippen LogP contribution in [0.2, 0.25) is 0 Å². The van der Waals surface area contributed by atoms with Gasteiger partial charge in [-0.05, 0) is 19.9 Å². The van der Waals surface area contributed by atoms with Crippen LogP contribution in [-0.2, 0) is 6.42 Å². The minimum Gasteiger partial charge on any atom is -0.361 e. The van der Waals surface area contributed by atoms with Gasteiger partial charge in [0, 0.05) is 5.56 Å². The van der Waals surface area contributed by atoms with Gasteiger partial charge in [0.05, 0.1) is 6.20 Å². The number of rotatable bonds is 2. The zero-order chi connectivity index (χ0) is 6.69. The van der Waals surface area contributed by atoms with Crippen LogP contribution < -0.4 is 5.73 Å². The lowest BCUT2D eigenvalue weighted by atomic mass is 10.2. The van der Waals surface area contributed by atoms with Crippen molar-refractivity contribution in [2.45, 2.75) is 13.3 Å². The van der Waals surface area contributed by atoms with Crippen molar-refractivity contribution < 1.29 is 4.52 Å². The first-order valence-corrected chi connectivity index (χ1v) is 2.95. The molecule has 1 rings (SSSR count). The maximum atomic E-state index is 5.32. The second-order valence-corrected chi connectivity index (χ2v) is 1.95. The first-order chi connectivity index (χ1) is 4.34. The summed E-state index contributed by atoms with van der Waals surface area (Å²) in [6.45, 7) is 2.54. The second kappa shape index (κ2) is 2.64. The Morgan fingerprint density at radius 2 is 2.56 bits per heavy atom. The van der Waals surface area contributed by atoms with Crippen LogP contribution in [0.1, 0.15) is 11.3 Å². The third kappa shape index (κ3) is 1.29. The Balaban J connectivity index is 2.69. The van der Waals surface area contributed by atoms with Crippen molar-refractivity contribution in [3.05, 3.63) is 17.5 Å². The fourth-order valence-corrected chi connectivity index (χ4v) is 0.715. The molecule has 0 aromatic carbocycles. The van der Waals surface area contributed by atoms with E-state index in [2.05, 4.69) is 5.16 Å². The molecule has 0 bridgehead atoms. The van der Waals surface area contributed by atoms with E-state index < -0.39 is 0 Å². The minimum atomic E-state index is 0.655. The molecule has 0 radical (unpaired) electrons. The maximum Gasteiger partial charge on any atom is 0.136 e. The van der Waals surface area contributed by atoms with Gasteiger partial charge in [-0.2, -0.15) is 0 Å². The lowest BCUT2D eigenvalue weighted by Gasteiger charge is -1.89. The highest BCUT2D eigenvalue weighted by Crippen LogP contribution is 2.04. The molecular formula is C6H10N2O. The highest BCUT2D eigenvalue weighted by Gasteiger charge is 1.98. The molecule has 3 heteroatoms. The Morgan fingerprint density at radius 1 is 1.78 bits per heavy atom. The fourth-order valence-electron chi connectivity index (χ4n) is 0.715. The summed E-state index contributed by atoms with van der Waals surface area (Å²) >= 11 is 0. The Bertz CT molecular complexity index is 183. The zero-order valence-corrected chi connectivity index (χ0v) is 5.42. The van der Waals surface area contributed by atoms with E-state index in [4.69, 9.17) is 10.3 Å². The monoisotopic (exact) mass is 126 g/mol. The molecule has 1 heterocycles. The van der Waals surface area contributed by atoms with Crippen LogP contribution in [0.15, 0.2) is 10.7 Å². The summed E-state index contributed by atoms with van der Waals surface area (Å²) in [5.41, 5.74) is 6.43. The molecule has 0 fully saturated rings. The van der Waals surface area contributed by atoms with Gasteiger partial charge in [0.15, 0.2) is 0 Å². The molecule has 0 saturated carbocycles. The van der Waals surface area contributed by atoms with E-state index in [9.17, 15) is 0 Å². The highest BCUT2D eigenvalue weighted by molar-refractivity contribution is 5.11. The molecule has 0 spiro atoms. The molecular weight excluding hydrogens is 116 g/mol. The van der Waals surface area contributed by atoms with Crippen LogP contribution in [-0.4, -0.2) is 11.7 Å². The van der Waals surface area contributed by atoms with Gasteiger partial charge < -0.3 is 10.3 Å². The summed E-state index contributed by atoms with van der Waals surface area (Å²) in [5.74, 6) is 0.875. The quantitative estimate of drug-likeness (QED) is 0.627. The van der Waals surface area contributed by atoms with E-state index in [-0.39, 0.29) is 0 Å². The molecule has 0 aliphatic rings. The summed E-state index contributed by atoms with van der Waals surface area (Å²) in [6.07, 6.45) is 2.57. The molecule has 0 unspecified atom stereocenters. The average Bonchev–Trinajstić information content (AvgIpc) is 2.18. The number of hydrogen-bond acceptors (Lipinski definition) is 3. The summed E-state index contributed by atoms with van der Waals surface area (Å²) in [6, 6.07) is 0. The summed E-state index contributed by atoms with van der Waals surface area (Å²) in [4.78, 5) is 0. The summed E-state index contributed by atoms with van der Waals surface area (Å²) < 4.78 is 4.81. The first-order valence-electron chi connectivity index (χ1n) is 2.95. The first kappa shape index (κ1) is 6.29. The highest BCUT2D eigenvalue weighted by atomic mass is 16.5. The normalized spacial score (nSPS) is 10.0. The topological polar surface area (TPSA) is 52.0 Å². The molecule has 1 aromatic rings. The number of hydrogen-bond donors (Lipinski definition) is 1. The Hall–Kier alpha value is -0.830. The van der Waals surface area contributed by atoms with Crippen LogP contribution in [0, 0.1) is 6.92 Å². The third-order valence-corrected chi connectivity index (χ3v) is 1.26. The van der Waals surface area contributed by atoms with E-state index >= 15 is 0 Å². The van der Waals surface area contributed by atoms with Gasteiger partial charge in [0.2, 0.25) is 0 Å². The van der Waals surface area contributed by atoms with Crippen molar-refractivity contribution in [3.8, 4) is 0 Å². The zero-order valence-electron chi connectivity index (χ0n) is 5.42. The molecule has 50 valence electrons. The predicted octanol–water partition coefficient (Wildman–Crippen LogP) is 0.484. The van der Waals surface area contributed by atoms with Crippen LogP contribution in [0.4, 0.5) is 0 Å². The molecule has 0 saturated heterocycles. The van der Waals surface area contributed by atoms with Gasteiger partial charge in [-0.1, -0.05) is 5.16 Å². The number of aromatic nitrogens is 1. The van der Waals surface area contributed by atoms with Crippen molar-refractivity contribution in [1.82, 2.24) is 5.16 Å². The lowest BCUT2D eigenvalue weighted by molar-refractivity contribution is 0.396. The summed E-state index contributed by atoms with van der Waals surface area (Å²) in [5, 5.41) is 3.61. The van der Waals surface area contributed by atoms with Gasteiger partial charge in [-0.25, -0.2) is 0 Å². The van der Waals surface area contributed by atoms with Crippen molar-refractivity contribution in [1.29, 1.82) is 0 Å². The largest absolute Gasteiger partial charge is 0.361 e. The molecule has 9 heavy (non-hydrogen) atoms. The molecule has 2 N–H and O–H groups in total. The van der Waals surface area contributed by atoms with E-state index in [1.807, 2.05) is 6.92 Å². The molecule has 1 aromatic heterocycles. The van der Waals surface area contributed by atoms with E-state index in [1.165, 1.54) is 0 Å². The minimum absolute atomic E-state index is 0.655. The summed E-state index contributed by atoms with van der Waals surface area (Å²) in [7, 11) is 0. The Labute approximate surface area is 53.8 Å². The van der Waals surface area contributed by atoms with E-state index in [0.717, 1.165) is 17.7 Å². The van der Waals surface area contributed by atoms with E-state index in [0.29, 0.717) is 6.54 Å². The van der Waals surface area contributed by atoms with Gasteiger partial charge in [-0.15, -0.1) is 0 Å². The number of nitrogens with two attached hydrogens (primary N) is 1. The predicted molar refractivity (Wildman–Crippen MR) is 34.0 cm³/mol. The molecule has 0 aliphatic carbocycles. The van der Waals surface area contributed by atoms with Crippen molar-refractivity contribution in [2.75, 3.05) is 6.54 Å². The smallest absolute Gasteiger partial charge is 0.136 e. The lowest BCUT2D eigenvalue weighted by Crippen LogP contribution is -2.02. The van der Waals surface area contributed by atoms with E-state index in [1.54, 1.807) is 6.20 Å². The van der Waals surface area contributed by atoms with Gasteiger partial charge in [0.1, 0.15) is 5.76 Å². The number of aryl methyl sites for hydroxylation is 1. The van der Waals surface area contributed by atoms with Gasteiger partial charge >= 0.3 is 0 Å². The van der Waals surface area contributed by atoms with Crippen molar-refractivity contribution in [3.63, 3.8) is 0 Å². The Morgan fingerprint density at radius 3 is 3.00 bits per heavy atom. The third-order valence-electron chi connectivity index (χ3n) is 1.26.